The van der Waals surface area contributed by atoms with E-state index in [9.17, 15) is 5.11 Å². The molecular formula is C30H33N3O3. The molecule has 186 valence electrons. The average molecular weight is 484 g/mol. The molecule has 0 bridgehead atoms. The molecule has 36 heavy (non-hydrogen) atoms. The van der Waals surface area contributed by atoms with Gasteiger partial charge in [-0.3, -0.25) is 4.90 Å². The van der Waals surface area contributed by atoms with Gasteiger partial charge in [0.1, 0.15) is 11.4 Å². The molecule has 1 aliphatic heterocycles. The van der Waals surface area contributed by atoms with Gasteiger partial charge in [-0.15, -0.1) is 0 Å². The molecule has 5 rings (SSSR count). The molecule has 6 heteroatoms. The average Bonchev–Trinajstić information content (AvgIpc) is 2.94. The number of piperazine rings is 1. The summed E-state index contributed by atoms with van der Waals surface area (Å²) in [6, 6.07) is 29.8. The number of pyridine rings is 1. The molecule has 0 aliphatic carbocycles. The van der Waals surface area contributed by atoms with E-state index in [4.69, 9.17) is 14.5 Å². The van der Waals surface area contributed by atoms with Gasteiger partial charge in [-0.2, -0.15) is 0 Å². The lowest BCUT2D eigenvalue weighted by Crippen LogP contribution is -2.48. The van der Waals surface area contributed by atoms with Gasteiger partial charge in [-0.25, -0.2) is 4.98 Å². The largest absolute Gasteiger partial charge is 0.497 e. The molecule has 0 atom stereocenters. The molecular weight excluding hydrogens is 450 g/mol. The van der Waals surface area contributed by atoms with Gasteiger partial charge in [0.2, 0.25) is 5.88 Å². The normalized spacial score (nSPS) is 14.4. The molecule has 1 N–H and O–H groups in total. The smallest absolute Gasteiger partial charge is 0.238 e. The summed E-state index contributed by atoms with van der Waals surface area (Å²) in [6.45, 7) is 4.11. The van der Waals surface area contributed by atoms with Crippen molar-refractivity contribution in [2.45, 2.75) is 12.5 Å². The number of aromatic nitrogens is 1. The summed E-state index contributed by atoms with van der Waals surface area (Å²) in [6.07, 6.45) is 0.570. The number of methoxy groups -OCH3 is 1. The van der Waals surface area contributed by atoms with Crippen LogP contribution < -0.4 is 14.4 Å². The molecule has 1 aromatic heterocycles. The number of aliphatic hydroxyl groups excluding tert-OH is 1. The van der Waals surface area contributed by atoms with Crippen LogP contribution in [-0.4, -0.2) is 61.5 Å². The number of rotatable bonds is 9. The molecule has 1 saturated heterocycles. The second-order valence-corrected chi connectivity index (χ2v) is 9.04. The molecule has 3 aromatic carbocycles. The van der Waals surface area contributed by atoms with Gasteiger partial charge in [-0.1, -0.05) is 60.7 Å². The third-order valence-electron chi connectivity index (χ3n) is 6.76. The van der Waals surface area contributed by atoms with Gasteiger partial charge in [0.15, 0.2) is 0 Å². The standard InChI is InChI=1S/C30H33N3O3/c1-35-26-14-13-25-21-28(30(31-27(25)22-26)36-20-8-19-34)32-15-17-33(18-16-32)29(23-9-4-2-5-10-23)24-11-6-3-7-12-24/h2-7,9-14,21-22,29,34H,8,15-20H2,1H3. The molecule has 0 amide bonds. The Kier molecular flexibility index (Phi) is 7.64. The summed E-state index contributed by atoms with van der Waals surface area (Å²) >= 11 is 0. The molecule has 4 aromatic rings. The zero-order valence-corrected chi connectivity index (χ0v) is 20.7. The Labute approximate surface area is 212 Å². The predicted molar refractivity (Wildman–Crippen MR) is 144 cm³/mol. The number of nitrogens with zero attached hydrogens (tertiary/aromatic N) is 3. The van der Waals surface area contributed by atoms with Crippen molar-refractivity contribution in [3.63, 3.8) is 0 Å². The Balaban J connectivity index is 1.40. The molecule has 1 aliphatic rings. The monoisotopic (exact) mass is 483 g/mol. The van der Waals surface area contributed by atoms with E-state index in [1.165, 1.54) is 11.1 Å². The summed E-state index contributed by atoms with van der Waals surface area (Å²) < 4.78 is 11.4. The number of aliphatic hydroxyl groups is 1. The summed E-state index contributed by atoms with van der Waals surface area (Å²) in [5.41, 5.74) is 4.46. The summed E-state index contributed by atoms with van der Waals surface area (Å²) in [5.74, 6) is 1.38. The maximum atomic E-state index is 9.24. The highest BCUT2D eigenvalue weighted by Gasteiger charge is 2.28. The van der Waals surface area contributed by atoms with Crippen molar-refractivity contribution < 1.29 is 14.6 Å². The minimum atomic E-state index is 0.0930. The molecule has 6 nitrogen and oxygen atoms in total. The lowest BCUT2D eigenvalue weighted by molar-refractivity contribution is 0.210. The number of hydrogen-bond donors (Lipinski definition) is 1. The van der Waals surface area contributed by atoms with Crippen LogP contribution in [0.15, 0.2) is 84.9 Å². The van der Waals surface area contributed by atoms with E-state index in [-0.39, 0.29) is 12.6 Å². The highest BCUT2D eigenvalue weighted by Crippen LogP contribution is 2.35. The van der Waals surface area contributed by atoms with E-state index in [0.717, 1.165) is 48.5 Å². The van der Waals surface area contributed by atoms with Gasteiger partial charge in [0.25, 0.3) is 0 Å². The first-order valence-electron chi connectivity index (χ1n) is 12.6. The van der Waals surface area contributed by atoms with Crippen molar-refractivity contribution in [2.24, 2.45) is 0 Å². The van der Waals surface area contributed by atoms with Crippen LogP contribution in [0.5, 0.6) is 11.6 Å². The minimum Gasteiger partial charge on any atom is -0.497 e. The van der Waals surface area contributed by atoms with Crippen LogP contribution in [0.2, 0.25) is 0 Å². The topological polar surface area (TPSA) is 58.1 Å². The van der Waals surface area contributed by atoms with Crippen LogP contribution >= 0.6 is 0 Å². The first-order chi connectivity index (χ1) is 17.8. The van der Waals surface area contributed by atoms with E-state index in [1.54, 1.807) is 7.11 Å². The van der Waals surface area contributed by atoms with Gasteiger partial charge >= 0.3 is 0 Å². The lowest BCUT2D eigenvalue weighted by atomic mass is 9.96. The zero-order chi connectivity index (χ0) is 24.7. The second-order valence-electron chi connectivity index (χ2n) is 9.04. The predicted octanol–water partition coefficient (Wildman–Crippen LogP) is 4.92. The van der Waals surface area contributed by atoms with Crippen LogP contribution in [0.3, 0.4) is 0 Å². The fraction of sp³-hybridized carbons (Fsp3) is 0.300. The number of benzene rings is 3. The molecule has 0 saturated carbocycles. The summed E-state index contributed by atoms with van der Waals surface area (Å²) in [4.78, 5) is 9.77. The molecule has 0 spiro atoms. The molecule has 0 radical (unpaired) electrons. The summed E-state index contributed by atoms with van der Waals surface area (Å²) in [5, 5.41) is 10.3. The fourth-order valence-electron chi connectivity index (χ4n) is 4.92. The third kappa shape index (κ3) is 5.30. The number of ether oxygens (including phenoxy) is 2. The quantitative estimate of drug-likeness (QED) is 0.341. The molecule has 0 unspecified atom stereocenters. The Morgan fingerprint density at radius 1 is 0.861 bits per heavy atom. The number of anilines is 1. The van der Waals surface area contributed by atoms with Crippen LogP contribution in [-0.2, 0) is 0 Å². The van der Waals surface area contributed by atoms with E-state index in [0.29, 0.717) is 18.9 Å². The van der Waals surface area contributed by atoms with Gasteiger partial charge < -0.3 is 19.5 Å². The summed E-state index contributed by atoms with van der Waals surface area (Å²) in [7, 11) is 1.66. The maximum absolute atomic E-state index is 9.24. The Morgan fingerprint density at radius 3 is 2.14 bits per heavy atom. The maximum Gasteiger partial charge on any atom is 0.238 e. The van der Waals surface area contributed by atoms with Crippen molar-refractivity contribution in [1.82, 2.24) is 9.88 Å². The first kappa shape index (κ1) is 24.1. The van der Waals surface area contributed by atoms with E-state index >= 15 is 0 Å². The zero-order valence-electron chi connectivity index (χ0n) is 20.7. The SMILES string of the molecule is COc1ccc2cc(N3CCN(C(c4ccccc4)c4ccccc4)CC3)c(OCCCO)nc2c1. The van der Waals surface area contributed by atoms with Gasteiger partial charge in [0, 0.05) is 50.7 Å². The van der Waals surface area contributed by atoms with Gasteiger partial charge in [-0.05, 0) is 29.3 Å². The van der Waals surface area contributed by atoms with E-state index in [2.05, 4.69) is 76.5 Å². The van der Waals surface area contributed by atoms with Crippen molar-refractivity contribution in [3.8, 4) is 11.6 Å². The van der Waals surface area contributed by atoms with E-state index in [1.807, 2.05) is 18.2 Å². The minimum absolute atomic E-state index is 0.0930. The number of hydrogen-bond acceptors (Lipinski definition) is 6. The van der Waals surface area contributed by atoms with Crippen molar-refractivity contribution in [2.75, 3.05) is 51.4 Å². The Morgan fingerprint density at radius 2 is 1.53 bits per heavy atom. The van der Waals surface area contributed by atoms with Gasteiger partial charge in [0.05, 0.1) is 25.3 Å². The van der Waals surface area contributed by atoms with Crippen molar-refractivity contribution in [3.05, 3.63) is 96.1 Å². The van der Waals surface area contributed by atoms with Crippen LogP contribution in [0, 0.1) is 0 Å². The number of fused-ring (bicyclic) bond motifs is 1. The molecule has 2 heterocycles. The van der Waals surface area contributed by atoms with Crippen molar-refractivity contribution >= 4 is 16.6 Å². The van der Waals surface area contributed by atoms with Crippen LogP contribution in [0.4, 0.5) is 5.69 Å². The second kappa shape index (κ2) is 11.4. The first-order valence-corrected chi connectivity index (χ1v) is 12.6. The Bertz CT molecular complexity index is 1220. The highest BCUT2D eigenvalue weighted by atomic mass is 16.5. The van der Waals surface area contributed by atoms with Crippen LogP contribution in [0.1, 0.15) is 23.6 Å². The van der Waals surface area contributed by atoms with Crippen molar-refractivity contribution in [1.29, 1.82) is 0 Å². The lowest BCUT2D eigenvalue weighted by Gasteiger charge is -2.41. The fourth-order valence-corrected chi connectivity index (χ4v) is 4.92. The molecule has 1 fully saturated rings. The third-order valence-corrected chi connectivity index (χ3v) is 6.76. The van der Waals surface area contributed by atoms with E-state index < -0.39 is 0 Å². The highest BCUT2D eigenvalue weighted by molar-refractivity contribution is 5.85. The van der Waals surface area contributed by atoms with Crippen LogP contribution in [0.25, 0.3) is 10.9 Å². The Hall–Kier alpha value is -3.61.